The largest absolute Gasteiger partial charge is 0.481 e. The average Bonchev–Trinajstić information content (AvgIpc) is 2.52. The van der Waals surface area contributed by atoms with E-state index < -0.39 is 11.6 Å². The molecule has 2 rings (SSSR count). The minimum absolute atomic E-state index is 0.0583. The molecule has 1 saturated carbocycles. The van der Waals surface area contributed by atoms with Crippen molar-refractivity contribution in [1.29, 1.82) is 0 Å². The van der Waals surface area contributed by atoms with Gasteiger partial charge in [0.15, 0.2) is 0 Å². The van der Waals surface area contributed by atoms with Crippen molar-refractivity contribution in [2.24, 2.45) is 5.92 Å². The quantitative estimate of drug-likeness (QED) is 0.843. The number of ether oxygens (including phenoxy) is 3. The second kappa shape index (κ2) is 8.16. The van der Waals surface area contributed by atoms with Gasteiger partial charge in [-0.25, -0.2) is 4.79 Å². The summed E-state index contributed by atoms with van der Waals surface area (Å²) in [7, 11) is 0. The van der Waals surface area contributed by atoms with E-state index in [0.29, 0.717) is 39.2 Å². The molecule has 1 aliphatic heterocycles. The topological polar surface area (TPSA) is 85.3 Å². The van der Waals surface area contributed by atoms with Crippen LogP contribution in [0, 0.1) is 5.92 Å². The zero-order valence-corrected chi connectivity index (χ0v) is 14.8. The number of hydrogen-bond acceptors (Lipinski definition) is 5. The third kappa shape index (κ3) is 5.63. The van der Waals surface area contributed by atoms with E-state index in [-0.39, 0.29) is 24.2 Å². The lowest BCUT2D eigenvalue weighted by molar-refractivity contribution is -0.144. The van der Waals surface area contributed by atoms with Gasteiger partial charge >= 0.3 is 12.1 Å². The van der Waals surface area contributed by atoms with E-state index in [1.807, 2.05) is 20.8 Å². The first-order valence-corrected chi connectivity index (χ1v) is 8.68. The van der Waals surface area contributed by atoms with Crippen LogP contribution in [-0.2, 0) is 19.0 Å². The number of rotatable bonds is 4. The number of nitrogens with zero attached hydrogens (tertiary/aromatic N) is 1. The van der Waals surface area contributed by atoms with Crippen LogP contribution in [-0.4, -0.2) is 66.2 Å². The molecule has 0 aromatic carbocycles. The minimum Gasteiger partial charge on any atom is -0.481 e. The maximum absolute atomic E-state index is 12.3. The predicted molar refractivity (Wildman–Crippen MR) is 86.9 cm³/mol. The number of carboxylic acids is 1. The predicted octanol–water partition coefficient (Wildman–Crippen LogP) is 2.28. The van der Waals surface area contributed by atoms with Gasteiger partial charge in [0.1, 0.15) is 5.60 Å². The fourth-order valence-corrected chi connectivity index (χ4v) is 3.08. The Morgan fingerprint density at radius 1 is 1.21 bits per heavy atom. The Morgan fingerprint density at radius 3 is 2.46 bits per heavy atom. The van der Waals surface area contributed by atoms with Gasteiger partial charge in [-0.1, -0.05) is 0 Å². The summed E-state index contributed by atoms with van der Waals surface area (Å²) >= 11 is 0. The van der Waals surface area contributed by atoms with Crippen LogP contribution in [0.25, 0.3) is 0 Å². The lowest BCUT2D eigenvalue weighted by Gasteiger charge is -2.37. The van der Waals surface area contributed by atoms with Crippen molar-refractivity contribution in [2.45, 2.75) is 64.2 Å². The van der Waals surface area contributed by atoms with Gasteiger partial charge in [0.2, 0.25) is 0 Å². The summed E-state index contributed by atoms with van der Waals surface area (Å²) in [5.41, 5.74) is -0.532. The molecule has 24 heavy (non-hydrogen) atoms. The van der Waals surface area contributed by atoms with Crippen LogP contribution in [0.3, 0.4) is 0 Å². The zero-order chi connectivity index (χ0) is 17.7. The Morgan fingerprint density at radius 2 is 1.88 bits per heavy atom. The number of carbonyl (C=O) groups is 2. The number of carboxylic acid groups (broad SMARTS) is 1. The maximum atomic E-state index is 12.3. The van der Waals surface area contributed by atoms with E-state index >= 15 is 0 Å². The summed E-state index contributed by atoms with van der Waals surface area (Å²) in [5.74, 6) is -0.966. The Hall–Kier alpha value is -1.34. The van der Waals surface area contributed by atoms with Gasteiger partial charge in [-0.2, -0.15) is 0 Å². The molecular weight excluding hydrogens is 314 g/mol. The van der Waals surface area contributed by atoms with E-state index in [4.69, 9.17) is 19.3 Å². The van der Waals surface area contributed by atoms with Crippen molar-refractivity contribution in [2.75, 3.05) is 26.4 Å². The monoisotopic (exact) mass is 343 g/mol. The van der Waals surface area contributed by atoms with Crippen molar-refractivity contribution in [3.8, 4) is 0 Å². The van der Waals surface area contributed by atoms with Crippen LogP contribution >= 0.6 is 0 Å². The first-order valence-electron chi connectivity index (χ1n) is 8.68. The Bertz CT molecular complexity index is 439. The molecule has 1 saturated heterocycles. The van der Waals surface area contributed by atoms with Gasteiger partial charge in [-0.3, -0.25) is 9.69 Å². The molecule has 0 unspecified atom stereocenters. The van der Waals surface area contributed by atoms with E-state index in [0.717, 1.165) is 12.8 Å². The van der Waals surface area contributed by atoms with E-state index in [1.54, 1.807) is 4.90 Å². The molecule has 7 heteroatoms. The molecule has 0 aromatic rings. The summed E-state index contributed by atoms with van der Waals surface area (Å²) in [4.78, 5) is 25.0. The fourth-order valence-electron chi connectivity index (χ4n) is 3.08. The molecule has 0 bridgehead atoms. The van der Waals surface area contributed by atoms with Crippen LogP contribution in [0.2, 0.25) is 0 Å². The molecule has 1 atom stereocenters. The van der Waals surface area contributed by atoms with E-state index in [2.05, 4.69) is 0 Å². The summed E-state index contributed by atoms with van der Waals surface area (Å²) in [6.07, 6.45) is 2.51. The first-order chi connectivity index (χ1) is 11.3. The van der Waals surface area contributed by atoms with Crippen molar-refractivity contribution in [1.82, 2.24) is 4.90 Å². The van der Waals surface area contributed by atoms with Gasteiger partial charge < -0.3 is 19.3 Å². The molecule has 138 valence electrons. The van der Waals surface area contributed by atoms with Crippen molar-refractivity contribution in [3.63, 3.8) is 0 Å². The fraction of sp³-hybridized carbons (Fsp3) is 0.882. The molecule has 0 spiro atoms. The summed E-state index contributed by atoms with van der Waals surface area (Å²) in [6.45, 7) is 7.35. The highest BCUT2D eigenvalue weighted by Crippen LogP contribution is 2.27. The normalized spacial score (nSPS) is 28.5. The number of amides is 1. The zero-order valence-electron chi connectivity index (χ0n) is 14.8. The SMILES string of the molecule is CC(C)(C)OC(=O)N1CCOC[C@H]1COC1CCC(C(=O)O)CC1. The Kier molecular flexibility index (Phi) is 6.46. The second-order valence-electron chi connectivity index (χ2n) is 7.55. The molecule has 2 fully saturated rings. The molecule has 0 radical (unpaired) electrons. The van der Waals surface area contributed by atoms with Crippen LogP contribution < -0.4 is 0 Å². The smallest absolute Gasteiger partial charge is 0.410 e. The average molecular weight is 343 g/mol. The molecule has 1 aliphatic carbocycles. The second-order valence-corrected chi connectivity index (χ2v) is 7.55. The number of hydrogen-bond donors (Lipinski definition) is 1. The molecule has 0 aromatic heterocycles. The highest BCUT2D eigenvalue weighted by molar-refractivity contribution is 5.70. The summed E-state index contributed by atoms with van der Waals surface area (Å²) in [5, 5.41) is 9.03. The Labute approximate surface area is 143 Å². The van der Waals surface area contributed by atoms with E-state index in [9.17, 15) is 9.59 Å². The molecule has 7 nitrogen and oxygen atoms in total. The third-order valence-electron chi connectivity index (χ3n) is 4.40. The number of aliphatic carboxylic acids is 1. The maximum Gasteiger partial charge on any atom is 0.410 e. The van der Waals surface area contributed by atoms with E-state index in [1.165, 1.54) is 0 Å². The molecule has 1 N–H and O–H groups in total. The van der Waals surface area contributed by atoms with Crippen LogP contribution in [0.4, 0.5) is 4.79 Å². The lowest BCUT2D eigenvalue weighted by atomic mass is 9.87. The lowest BCUT2D eigenvalue weighted by Crippen LogP contribution is -2.52. The number of morpholine rings is 1. The van der Waals surface area contributed by atoms with Crippen molar-refractivity contribution in [3.05, 3.63) is 0 Å². The van der Waals surface area contributed by atoms with Gasteiger partial charge in [0.25, 0.3) is 0 Å². The molecule has 1 heterocycles. The van der Waals surface area contributed by atoms with Crippen LogP contribution in [0.1, 0.15) is 46.5 Å². The van der Waals surface area contributed by atoms with Gasteiger partial charge in [-0.15, -0.1) is 0 Å². The highest BCUT2D eigenvalue weighted by atomic mass is 16.6. The van der Waals surface area contributed by atoms with Crippen molar-refractivity contribution >= 4 is 12.1 Å². The van der Waals surface area contributed by atoms with Gasteiger partial charge in [0.05, 0.1) is 37.9 Å². The van der Waals surface area contributed by atoms with Gasteiger partial charge in [-0.05, 0) is 46.5 Å². The van der Waals surface area contributed by atoms with Crippen LogP contribution in [0.15, 0.2) is 0 Å². The van der Waals surface area contributed by atoms with Gasteiger partial charge in [0, 0.05) is 6.54 Å². The molecule has 2 aliphatic rings. The molecular formula is C17H29NO6. The molecule has 1 amide bonds. The number of carbonyl (C=O) groups excluding carboxylic acids is 1. The summed E-state index contributed by atoms with van der Waals surface area (Å²) in [6, 6.07) is -0.161. The standard InChI is InChI=1S/C17H29NO6/c1-17(2,3)24-16(21)18-8-9-22-10-13(18)11-23-14-6-4-12(5-7-14)15(19)20/h12-14H,4-11H2,1-3H3,(H,19,20)/t12?,13-,14?/m0/s1. The van der Waals surface area contributed by atoms with Crippen LogP contribution in [0.5, 0.6) is 0 Å². The Balaban J connectivity index is 1.81. The minimum atomic E-state index is -0.717. The first kappa shape index (κ1) is 19.0. The highest BCUT2D eigenvalue weighted by Gasteiger charge is 2.33. The third-order valence-corrected chi connectivity index (χ3v) is 4.40. The van der Waals surface area contributed by atoms with Crippen molar-refractivity contribution < 1.29 is 28.9 Å². The summed E-state index contributed by atoms with van der Waals surface area (Å²) < 4.78 is 16.9.